The molecule has 3 aromatic rings. The van der Waals surface area contributed by atoms with Crippen LogP contribution in [-0.4, -0.2) is 14.5 Å². The summed E-state index contributed by atoms with van der Waals surface area (Å²) in [5.74, 6) is 1.78. The average molecular weight is 343 g/mol. The topological polar surface area (TPSA) is 42.7 Å². The van der Waals surface area contributed by atoms with Gasteiger partial charge in [0.15, 0.2) is 5.82 Å². The molecule has 0 aliphatic rings. The van der Waals surface area contributed by atoms with Crippen LogP contribution in [0.15, 0.2) is 59.5 Å². The second kappa shape index (κ2) is 6.10. The van der Waals surface area contributed by atoms with Crippen LogP contribution in [0.5, 0.6) is 0 Å². The van der Waals surface area contributed by atoms with Crippen LogP contribution >= 0.6 is 15.9 Å². The minimum absolute atomic E-state index is 0.730. The zero-order chi connectivity index (χ0) is 14.7. The lowest BCUT2D eigenvalue weighted by molar-refractivity contribution is 0.929. The molecule has 0 fully saturated rings. The van der Waals surface area contributed by atoms with Gasteiger partial charge in [0.2, 0.25) is 0 Å². The third-order valence-corrected chi connectivity index (χ3v) is 4.04. The van der Waals surface area contributed by atoms with Crippen LogP contribution in [0.4, 0.5) is 5.69 Å². The summed E-state index contributed by atoms with van der Waals surface area (Å²) >= 11 is 3.57. The van der Waals surface area contributed by atoms with Crippen molar-refractivity contribution in [3.05, 3.63) is 70.8 Å². The van der Waals surface area contributed by atoms with E-state index in [0.717, 1.165) is 28.3 Å². The molecule has 1 aromatic carbocycles. The highest BCUT2D eigenvalue weighted by atomic mass is 79.9. The fourth-order valence-electron chi connectivity index (χ4n) is 2.16. The molecule has 2 heterocycles. The van der Waals surface area contributed by atoms with Crippen LogP contribution in [0.1, 0.15) is 11.4 Å². The van der Waals surface area contributed by atoms with Crippen molar-refractivity contribution in [2.24, 2.45) is 0 Å². The Balaban J connectivity index is 1.87. The van der Waals surface area contributed by atoms with Gasteiger partial charge in [-0.3, -0.25) is 4.57 Å². The second-order valence-corrected chi connectivity index (χ2v) is 5.52. The molecule has 0 bridgehead atoms. The van der Waals surface area contributed by atoms with E-state index in [-0.39, 0.29) is 0 Å². The minimum Gasteiger partial charge on any atom is -0.378 e. The highest BCUT2D eigenvalue weighted by Gasteiger charge is 2.08. The van der Waals surface area contributed by atoms with Crippen molar-refractivity contribution < 1.29 is 0 Å². The summed E-state index contributed by atoms with van der Waals surface area (Å²) in [6.45, 7) is 2.69. The standard InChI is InChI=1S/C16H15BrN4/c1-12-18-9-10-21(12)16-15(7-4-8-19-16)20-11-13-5-2-3-6-14(13)17/h2-10,20H,11H2,1H3. The number of hydrogen-bond acceptors (Lipinski definition) is 3. The number of aryl methyl sites for hydroxylation is 1. The summed E-state index contributed by atoms with van der Waals surface area (Å²) in [7, 11) is 0. The van der Waals surface area contributed by atoms with Crippen LogP contribution in [0, 0.1) is 6.92 Å². The molecule has 0 saturated carbocycles. The van der Waals surface area contributed by atoms with E-state index in [1.54, 1.807) is 12.4 Å². The molecule has 0 spiro atoms. The first-order valence-electron chi connectivity index (χ1n) is 6.68. The Hall–Kier alpha value is -2.14. The first-order chi connectivity index (χ1) is 10.3. The Kier molecular flexibility index (Phi) is 4.01. The average Bonchev–Trinajstić information content (AvgIpc) is 2.93. The third-order valence-electron chi connectivity index (χ3n) is 3.27. The summed E-state index contributed by atoms with van der Waals surface area (Å²) in [5, 5.41) is 3.44. The summed E-state index contributed by atoms with van der Waals surface area (Å²) in [5.41, 5.74) is 2.18. The van der Waals surface area contributed by atoms with E-state index >= 15 is 0 Å². The number of halogens is 1. The van der Waals surface area contributed by atoms with Gasteiger partial charge in [0, 0.05) is 29.6 Å². The van der Waals surface area contributed by atoms with Crippen LogP contribution in [0.2, 0.25) is 0 Å². The molecule has 0 amide bonds. The van der Waals surface area contributed by atoms with E-state index < -0.39 is 0 Å². The van der Waals surface area contributed by atoms with Gasteiger partial charge in [-0.1, -0.05) is 34.1 Å². The van der Waals surface area contributed by atoms with Crippen molar-refractivity contribution in [1.29, 1.82) is 0 Å². The summed E-state index contributed by atoms with van der Waals surface area (Å²) in [4.78, 5) is 8.72. The van der Waals surface area contributed by atoms with Crippen molar-refractivity contribution in [3.8, 4) is 5.82 Å². The molecule has 0 aliphatic carbocycles. The predicted octanol–water partition coefficient (Wildman–Crippen LogP) is 3.95. The van der Waals surface area contributed by atoms with Gasteiger partial charge in [0.25, 0.3) is 0 Å². The number of anilines is 1. The van der Waals surface area contributed by atoms with E-state index in [1.807, 2.05) is 48.0 Å². The lowest BCUT2D eigenvalue weighted by atomic mass is 10.2. The Morgan fingerprint density at radius 2 is 1.95 bits per heavy atom. The maximum atomic E-state index is 4.47. The fourth-order valence-corrected chi connectivity index (χ4v) is 2.59. The van der Waals surface area contributed by atoms with Crippen molar-refractivity contribution in [2.45, 2.75) is 13.5 Å². The monoisotopic (exact) mass is 342 g/mol. The Morgan fingerprint density at radius 3 is 2.71 bits per heavy atom. The van der Waals surface area contributed by atoms with Crippen molar-refractivity contribution in [1.82, 2.24) is 14.5 Å². The number of rotatable bonds is 4. The number of pyridine rings is 1. The highest BCUT2D eigenvalue weighted by Crippen LogP contribution is 2.21. The lowest BCUT2D eigenvalue weighted by Crippen LogP contribution is -2.07. The van der Waals surface area contributed by atoms with Gasteiger partial charge in [0.05, 0.1) is 5.69 Å². The molecule has 5 heteroatoms. The molecule has 4 nitrogen and oxygen atoms in total. The van der Waals surface area contributed by atoms with Crippen molar-refractivity contribution >= 4 is 21.6 Å². The number of hydrogen-bond donors (Lipinski definition) is 1. The van der Waals surface area contributed by atoms with Crippen molar-refractivity contribution in [2.75, 3.05) is 5.32 Å². The molecule has 106 valence electrons. The third kappa shape index (κ3) is 2.97. The number of nitrogens with zero attached hydrogens (tertiary/aromatic N) is 3. The summed E-state index contributed by atoms with van der Waals surface area (Å²) in [6, 6.07) is 12.1. The molecule has 1 N–H and O–H groups in total. The van der Waals surface area contributed by atoms with E-state index in [9.17, 15) is 0 Å². The maximum absolute atomic E-state index is 4.47. The minimum atomic E-state index is 0.730. The molecule has 0 atom stereocenters. The molecule has 0 unspecified atom stereocenters. The van der Waals surface area contributed by atoms with Crippen LogP contribution < -0.4 is 5.32 Å². The van der Waals surface area contributed by atoms with Gasteiger partial charge in [-0.05, 0) is 30.7 Å². The summed E-state index contributed by atoms with van der Waals surface area (Å²) < 4.78 is 3.07. The normalized spacial score (nSPS) is 10.6. The Labute approximate surface area is 132 Å². The van der Waals surface area contributed by atoms with Crippen LogP contribution in [0.25, 0.3) is 5.82 Å². The van der Waals surface area contributed by atoms with Gasteiger partial charge in [0.1, 0.15) is 5.82 Å². The summed E-state index contributed by atoms with van der Waals surface area (Å²) in [6.07, 6.45) is 5.49. The Morgan fingerprint density at radius 1 is 1.10 bits per heavy atom. The predicted molar refractivity (Wildman–Crippen MR) is 87.6 cm³/mol. The molecular formula is C16H15BrN4. The maximum Gasteiger partial charge on any atom is 0.161 e. The van der Waals surface area contributed by atoms with Gasteiger partial charge < -0.3 is 5.32 Å². The van der Waals surface area contributed by atoms with Crippen LogP contribution in [0.3, 0.4) is 0 Å². The largest absolute Gasteiger partial charge is 0.378 e. The Bertz CT molecular complexity index is 751. The number of nitrogens with one attached hydrogen (secondary N) is 1. The molecule has 3 rings (SSSR count). The lowest BCUT2D eigenvalue weighted by Gasteiger charge is -2.13. The molecule has 0 saturated heterocycles. The highest BCUT2D eigenvalue weighted by molar-refractivity contribution is 9.10. The second-order valence-electron chi connectivity index (χ2n) is 4.66. The smallest absolute Gasteiger partial charge is 0.161 e. The van der Waals surface area contributed by atoms with Gasteiger partial charge in [-0.15, -0.1) is 0 Å². The van der Waals surface area contributed by atoms with E-state index in [2.05, 4.69) is 37.3 Å². The van der Waals surface area contributed by atoms with Gasteiger partial charge in [-0.25, -0.2) is 9.97 Å². The molecule has 0 aliphatic heterocycles. The SMILES string of the molecule is Cc1nccn1-c1ncccc1NCc1ccccc1Br. The quantitative estimate of drug-likeness (QED) is 0.780. The zero-order valence-electron chi connectivity index (χ0n) is 11.6. The molecular weight excluding hydrogens is 328 g/mol. The number of aromatic nitrogens is 3. The van der Waals surface area contributed by atoms with Crippen LogP contribution in [-0.2, 0) is 6.54 Å². The molecule has 21 heavy (non-hydrogen) atoms. The molecule has 2 aromatic heterocycles. The first kappa shape index (κ1) is 13.8. The zero-order valence-corrected chi connectivity index (χ0v) is 13.2. The van der Waals surface area contributed by atoms with E-state index in [4.69, 9.17) is 0 Å². The van der Waals surface area contributed by atoms with E-state index in [0.29, 0.717) is 0 Å². The number of imidazole rings is 1. The molecule has 0 radical (unpaired) electrons. The van der Waals surface area contributed by atoms with Gasteiger partial charge in [-0.2, -0.15) is 0 Å². The first-order valence-corrected chi connectivity index (χ1v) is 7.47. The van der Waals surface area contributed by atoms with Crippen molar-refractivity contribution in [3.63, 3.8) is 0 Å². The van der Waals surface area contributed by atoms with Gasteiger partial charge >= 0.3 is 0 Å². The number of benzene rings is 1. The van der Waals surface area contributed by atoms with E-state index in [1.165, 1.54) is 5.56 Å². The fraction of sp³-hybridized carbons (Fsp3) is 0.125.